The second kappa shape index (κ2) is 9.70. The molecule has 1 aromatic rings. The van der Waals surface area contributed by atoms with Gasteiger partial charge in [0.1, 0.15) is 5.75 Å². The number of ether oxygens (including phenoxy) is 1. The lowest BCUT2D eigenvalue weighted by atomic mass is 9.93. The summed E-state index contributed by atoms with van der Waals surface area (Å²) in [7, 11) is 0. The van der Waals surface area contributed by atoms with Crippen LogP contribution in [0.1, 0.15) is 44.2 Å². The van der Waals surface area contributed by atoms with Crippen molar-refractivity contribution in [1.29, 1.82) is 0 Å². The van der Waals surface area contributed by atoms with Crippen molar-refractivity contribution in [3.63, 3.8) is 0 Å². The van der Waals surface area contributed by atoms with Crippen LogP contribution in [0.2, 0.25) is 0 Å². The molecule has 0 heterocycles. The Morgan fingerprint density at radius 3 is 2.36 bits per heavy atom. The van der Waals surface area contributed by atoms with E-state index in [0.29, 0.717) is 19.6 Å². The summed E-state index contributed by atoms with van der Waals surface area (Å²) in [6.07, 6.45) is 2.02. The fraction of sp³-hybridized carbons (Fsp3) is 0.588. The van der Waals surface area contributed by atoms with E-state index in [1.807, 2.05) is 39.0 Å². The highest BCUT2D eigenvalue weighted by molar-refractivity contribution is 5.85. The van der Waals surface area contributed by atoms with Gasteiger partial charge in [0.05, 0.1) is 18.6 Å². The van der Waals surface area contributed by atoms with Gasteiger partial charge in [-0.25, -0.2) is 0 Å². The van der Waals surface area contributed by atoms with Crippen LogP contribution in [0.15, 0.2) is 18.2 Å². The first-order valence-corrected chi connectivity index (χ1v) is 7.67. The third-order valence-electron chi connectivity index (χ3n) is 4.23. The van der Waals surface area contributed by atoms with Crippen molar-refractivity contribution in [2.75, 3.05) is 13.2 Å². The minimum atomic E-state index is -0.280. The van der Waals surface area contributed by atoms with E-state index in [-0.39, 0.29) is 23.9 Å². The van der Waals surface area contributed by atoms with Gasteiger partial charge in [0.15, 0.2) is 0 Å². The monoisotopic (exact) mass is 328 g/mol. The Labute approximate surface area is 140 Å². The molecule has 0 aromatic heterocycles. The molecule has 126 valence electrons. The number of carbonyl (C=O) groups excluding carboxylic acids is 1. The third-order valence-corrected chi connectivity index (χ3v) is 4.23. The Hall–Kier alpha value is -1.26. The molecule has 1 aromatic carbocycles. The van der Waals surface area contributed by atoms with E-state index >= 15 is 0 Å². The number of nitrogens with two attached hydrogens (primary N) is 1. The Morgan fingerprint density at radius 2 is 1.86 bits per heavy atom. The van der Waals surface area contributed by atoms with E-state index in [1.165, 1.54) is 11.1 Å². The molecule has 0 aliphatic rings. The fourth-order valence-electron chi connectivity index (χ4n) is 2.19. The van der Waals surface area contributed by atoms with Gasteiger partial charge in [0, 0.05) is 6.54 Å². The second-order valence-corrected chi connectivity index (χ2v) is 5.58. The second-order valence-electron chi connectivity index (χ2n) is 5.58. The lowest BCUT2D eigenvalue weighted by Gasteiger charge is -2.31. The molecule has 0 spiro atoms. The van der Waals surface area contributed by atoms with Crippen molar-refractivity contribution in [2.45, 2.75) is 52.5 Å². The predicted octanol–water partition coefficient (Wildman–Crippen LogP) is 3.13. The number of hydrogen-bond acceptors (Lipinski definition) is 3. The van der Waals surface area contributed by atoms with Gasteiger partial charge in [-0.1, -0.05) is 19.9 Å². The smallest absolute Gasteiger partial charge is 0.223 e. The quantitative estimate of drug-likeness (QED) is 0.770. The van der Waals surface area contributed by atoms with Crippen LogP contribution in [0.25, 0.3) is 0 Å². The number of benzene rings is 1. The Kier molecular flexibility index (Phi) is 9.14. The zero-order valence-electron chi connectivity index (χ0n) is 14.1. The predicted molar refractivity (Wildman–Crippen MR) is 93.8 cm³/mol. The van der Waals surface area contributed by atoms with Gasteiger partial charge in [0.25, 0.3) is 0 Å². The number of halogens is 1. The molecule has 5 heteroatoms. The minimum Gasteiger partial charge on any atom is -0.493 e. The maximum absolute atomic E-state index is 12.0. The molecule has 0 atom stereocenters. The Morgan fingerprint density at radius 1 is 1.23 bits per heavy atom. The van der Waals surface area contributed by atoms with E-state index in [1.54, 1.807) is 0 Å². The molecule has 4 nitrogen and oxygen atoms in total. The molecule has 0 saturated carbocycles. The molecule has 0 aliphatic carbocycles. The summed E-state index contributed by atoms with van der Waals surface area (Å²) in [4.78, 5) is 12.0. The third kappa shape index (κ3) is 5.85. The zero-order valence-corrected chi connectivity index (χ0v) is 14.9. The van der Waals surface area contributed by atoms with Gasteiger partial charge in [0.2, 0.25) is 5.91 Å². The molecule has 0 radical (unpaired) electrons. The largest absolute Gasteiger partial charge is 0.493 e. The first-order chi connectivity index (χ1) is 9.96. The van der Waals surface area contributed by atoms with Crippen molar-refractivity contribution in [3.8, 4) is 5.75 Å². The number of amides is 1. The molecule has 0 unspecified atom stereocenters. The van der Waals surface area contributed by atoms with Crippen LogP contribution < -0.4 is 15.8 Å². The van der Waals surface area contributed by atoms with Crippen LogP contribution in [0, 0.1) is 13.8 Å². The Balaban J connectivity index is 0.00000441. The number of hydrogen-bond donors (Lipinski definition) is 2. The van der Waals surface area contributed by atoms with Crippen LogP contribution >= 0.6 is 12.4 Å². The van der Waals surface area contributed by atoms with E-state index in [4.69, 9.17) is 10.5 Å². The summed E-state index contributed by atoms with van der Waals surface area (Å²) in [6.45, 7) is 9.04. The lowest BCUT2D eigenvalue weighted by molar-refractivity contribution is -0.123. The SMILES string of the molecule is CCC(CC)(CN)NC(=O)CCOc1ccc(C)c(C)c1.Cl. The molecule has 22 heavy (non-hydrogen) atoms. The van der Waals surface area contributed by atoms with Crippen molar-refractivity contribution < 1.29 is 9.53 Å². The molecule has 0 saturated heterocycles. The topological polar surface area (TPSA) is 64.3 Å². The average Bonchev–Trinajstić information content (AvgIpc) is 2.48. The van der Waals surface area contributed by atoms with Crippen LogP contribution in [0.5, 0.6) is 5.75 Å². The highest BCUT2D eigenvalue weighted by Gasteiger charge is 2.25. The van der Waals surface area contributed by atoms with Gasteiger partial charge in [-0.2, -0.15) is 0 Å². The highest BCUT2D eigenvalue weighted by Crippen LogP contribution is 2.17. The van der Waals surface area contributed by atoms with Gasteiger partial charge in [-0.15, -0.1) is 12.4 Å². The molecule has 3 N–H and O–H groups in total. The van der Waals surface area contributed by atoms with Gasteiger partial charge in [-0.05, 0) is 49.9 Å². The Bertz CT molecular complexity index is 465. The summed E-state index contributed by atoms with van der Waals surface area (Å²) >= 11 is 0. The molecular weight excluding hydrogens is 300 g/mol. The zero-order chi connectivity index (χ0) is 15.9. The van der Waals surface area contributed by atoms with E-state index in [9.17, 15) is 4.79 Å². The van der Waals surface area contributed by atoms with Gasteiger partial charge >= 0.3 is 0 Å². The summed E-state index contributed by atoms with van der Waals surface area (Å²) in [5, 5.41) is 3.04. The average molecular weight is 329 g/mol. The number of carbonyl (C=O) groups is 1. The maximum atomic E-state index is 12.0. The minimum absolute atomic E-state index is 0. The summed E-state index contributed by atoms with van der Waals surface area (Å²) in [5.74, 6) is 0.801. The number of aryl methyl sites for hydroxylation is 2. The first kappa shape index (κ1) is 20.7. The molecule has 0 aliphatic heterocycles. The van der Waals surface area contributed by atoms with E-state index < -0.39 is 0 Å². The van der Waals surface area contributed by atoms with Crippen molar-refractivity contribution in [2.24, 2.45) is 5.73 Å². The molecule has 0 bridgehead atoms. The van der Waals surface area contributed by atoms with Crippen LogP contribution in [0.3, 0.4) is 0 Å². The standard InChI is InChI=1S/C17H28N2O2.ClH/c1-5-17(6-2,12-18)19-16(20)9-10-21-15-8-7-13(3)14(4)11-15;/h7-8,11H,5-6,9-10,12,18H2,1-4H3,(H,19,20);1H. The van der Waals surface area contributed by atoms with Crippen LogP contribution in [-0.4, -0.2) is 24.6 Å². The van der Waals surface area contributed by atoms with E-state index in [0.717, 1.165) is 18.6 Å². The van der Waals surface area contributed by atoms with Crippen molar-refractivity contribution >= 4 is 18.3 Å². The molecular formula is C17H29ClN2O2. The fourth-order valence-corrected chi connectivity index (χ4v) is 2.19. The molecule has 0 fully saturated rings. The summed E-state index contributed by atoms with van der Waals surface area (Å²) in [6, 6.07) is 5.95. The molecule has 1 rings (SSSR count). The van der Waals surface area contributed by atoms with Crippen molar-refractivity contribution in [1.82, 2.24) is 5.32 Å². The first-order valence-electron chi connectivity index (χ1n) is 7.67. The number of rotatable bonds is 8. The van der Waals surface area contributed by atoms with Gasteiger partial charge in [-0.3, -0.25) is 4.79 Å². The normalized spacial score (nSPS) is 10.8. The maximum Gasteiger partial charge on any atom is 0.223 e. The summed E-state index contributed by atoms with van der Waals surface area (Å²) in [5.41, 5.74) is 7.93. The van der Waals surface area contributed by atoms with Crippen molar-refractivity contribution in [3.05, 3.63) is 29.3 Å². The lowest BCUT2D eigenvalue weighted by Crippen LogP contribution is -2.53. The molecule has 1 amide bonds. The van der Waals surface area contributed by atoms with E-state index in [2.05, 4.69) is 12.2 Å². The van der Waals surface area contributed by atoms with Crippen LogP contribution in [0.4, 0.5) is 0 Å². The number of nitrogens with one attached hydrogen (secondary N) is 1. The van der Waals surface area contributed by atoms with Crippen LogP contribution in [-0.2, 0) is 4.79 Å². The van der Waals surface area contributed by atoms with Gasteiger partial charge < -0.3 is 15.8 Å². The summed E-state index contributed by atoms with van der Waals surface area (Å²) < 4.78 is 5.64. The highest BCUT2D eigenvalue weighted by atomic mass is 35.5.